The van der Waals surface area contributed by atoms with Crippen LogP contribution in [0.15, 0.2) is 35.0 Å². The predicted octanol–water partition coefficient (Wildman–Crippen LogP) is 4.83. The first-order valence-electron chi connectivity index (χ1n) is 8.51. The number of aromatic nitrogens is 3. The summed E-state index contributed by atoms with van der Waals surface area (Å²) in [6.45, 7) is 7.84. The van der Waals surface area contributed by atoms with Crippen LogP contribution in [0.3, 0.4) is 0 Å². The van der Waals surface area contributed by atoms with E-state index >= 15 is 0 Å². The molecule has 0 radical (unpaired) electrons. The van der Waals surface area contributed by atoms with Crippen molar-refractivity contribution in [2.45, 2.75) is 27.7 Å². The van der Waals surface area contributed by atoms with E-state index in [1.807, 2.05) is 26.0 Å². The molecule has 0 spiro atoms. The smallest absolute Gasteiger partial charge is 0.259 e. The third-order valence-corrected chi connectivity index (χ3v) is 5.30. The Morgan fingerprint density at radius 3 is 2.67 bits per heavy atom. The van der Waals surface area contributed by atoms with E-state index in [4.69, 9.17) is 4.52 Å². The lowest BCUT2D eigenvalue weighted by molar-refractivity contribution is 0.102. The maximum absolute atomic E-state index is 13.0. The third kappa shape index (κ3) is 3.21. The molecule has 0 aliphatic rings. The van der Waals surface area contributed by atoms with Crippen LogP contribution in [-0.4, -0.2) is 21.0 Å². The highest BCUT2D eigenvalue weighted by Crippen LogP contribution is 2.33. The van der Waals surface area contributed by atoms with Crippen LogP contribution < -0.4 is 5.32 Å². The quantitative estimate of drug-likeness (QED) is 0.552. The maximum atomic E-state index is 13.0. The molecule has 0 aliphatic carbocycles. The number of hydrogen-bond donors (Lipinski definition) is 1. The van der Waals surface area contributed by atoms with Gasteiger partial charge in [-0.25, -0.2) is 9.97 Å². The molecular weight excluding hydrogens is 360 g/mol. The number of nitrogens with zero attached hydrogens (tertiary/aromatic N) is 3. The highest BCUT2D eigenvalue weighted by atomic mass is 32.1. The molecule has 0 unspecified atom stereocenters. The zero-order valence-electron chi connectivity index (χ0n) is 15.5. The number of anilines is 1. The van der Waals surface area contributed by atoms with Crippen molar-refractivity contribution in [3.05, 3.63) is 57.0 Å². The first-order chi connectivity index (χ1) is 12.9. The van der Waals surface area contributed by atoms with Gasteiger partial charge in [0.25, 0.3) is 11.6 Å². The molecular formula is C20H18N4O2S. The van der Waals surface area contributed by atoms with Gasteiger partial charge >= 0.3 is 0 Å². The van der Waals surface area contributed by atoms with Crippen LogP contribution in [0, 0.1) is 27.7 Å². The highest BCUT2D eigenvalue weighted by Gasteiger charge is 2.21. The van der Waals surface area contributed by atoms with Crippen molar-refractivity contribution in [2.75, 3.05) is 5.32 Å². The van der Waals surface area contributed by atoms with E-state index in [-0.39, 0.29) is 5.91 Å². The fourth-order valence-corrected chi connectivity index (χ4v) is 4.02. The SMILES string of the molecule is Cc1ccnc(NC(=O)c2cc(-c3cc(C)sc3C)nc3onc(C)c23)c1. The Kier molecular flexibility index (Phi) is 4.24. The molecule has 0 aromatic carbocycles. The molecule has 4 heterocycles. The Balaban J connectivity index is 1.84. The summed E-state index contributed by atoms with van der Waals surface area (Å²) in [6.07, 6.45) is 1.67. The van der Waals surface area contributed by atoms with Gasteiger partial charge in [-0.1, -0.05) is 5.16 Å². The number of nitrogens with one attached hydrogen (secondary N) is 1. The van der Waals surface area contributed by atoms with Crippen molar-refractivity contribution in [1.29, 1.82) is 0 Å². The van der Waals surface area contributed by atoms with Crippen LogP contribution >= 0.6 is 11.3 Å². The van der Waals surface area contributed by atoms with Crippen LogP contribution in [0.25, 0.3) is 22.4 Å². The first-order valence-corrected chi connectivity index (χ1v) is 9.32. The van der Waals surface area contributed by atoms with Crippen molar-refractivity contribution in [2.24, 2.45) is 0 Å². The van der Waals surface area contributed by atoms with Gasteiger partial charge in [0, 0.05) is 21.5 Å². The van der Waals surface area contributed by atoms with Gasteiger partial charge in [0.05, 0.1) is 22.3 Å². The molecule has 0 aliphatic heterocycles. The average Bonchev–Trinajstić information content (AvgIpc) is 3.16. The Morgan fingerprint density at radius 2 is 1.96 bits per heavy atom. The number of pyridine rings is 2. The minimum atomic E-state index is -0.266. The topological polar surface area (TPSA) is 80.9 Å². The number of hydrogen-bond acceptors (Lipinski definition) is 6. The summed E-state index contributed by atoms with van der Waals surface area (Å²) in [5.41, 5.74) is 4.17. The minimum Gasteiger partial charge on any atom is -0.335 e. The van der Waals surface area contributed by atoms with Gasteiger partial charge in [0.2, 0.25) is 0 Å². The Bertz CT molecular complexity index is 1180. The van der Waals surface area contributed by atoms with Crippen molar-refractivity contribution < 1.29 is 9.32 Å². The van der Waals surface area contributed by atoms with Crippen LogP contribution in [0.4, 0.5) is 5.82 Å². The predicted molar refractivity (Wildman–Crippen MR) is 106 cm³/mol. The van der Waals surface area contributed by atoms with Gasteiger partial charge < -0.3 is 9.84 Å². The maximum Gasteiger partial charge on any atom is 0.259 e. The molecule has 0 saturated heterocycles. The standard InChI is InChI=1S/C20H18N4O2S/c1-10-5-6-21-17(7-10)23-19(25)15-9-16(14-8-11(2)27-13(14)4)22-20-18(15)12(3)24-26-20/h5-9H,1-4H3,(H,21,23,25). The number of carbonyl (C=O) groups is 1. The van der Waals surface area contributed by atoms with Gasteiger partial charge in [-0.05, 0) is 57.5 Å². The lowest BCUT2D eigenvalue weighted by Crippen LogP contribution is -2.14. The van der Waals surface area contributed by atoms with Crippen LogP contribution in [0.1, 0.15) is 31.4 Å². The third-order valence-electron chi connectivity index (χ3n) is 4.34. The first kappa shape index (κ1) is 17.4. The van der Waals surface area contributed by atoms with E-state index in [2.05, 4.69) is 33.4 Å². The van der Waals surface area contributed by atoms with Crippen LogP contribution in [0.2, 0.25) is 0 Å². The largest absolute Gasteiger partial charge is 0.335 e. The summed E-state index contributed by atoms with van der Waals surface area (Å²) < 4.78 is 5.36. The van der Waals surface area contributed by atoms with Crippen molar-refractivity contribution in [3.63, 3.8) is 0 Å². The molecule has 1 amide bonds. The summed E-state index contributed by atoms with van der Waals surface area (Å²) in [6, 6.07) is 7.57. The van der Waals surface area contributed by atoms with Crippen LogP contribution in [-0.2, 0) is 0 Å². The molecule has 4 aromatic heterocycles. The van der Waals surface area contributed by atoms with Crippen molar-refractivity contribution >= 4 is 34.2 Å². The molecule has 27 heavy (non-hydrogen) atoms. The highest BCUT2D eigenvalue weighted by molar-refractivity contribution is 7.12. The fraction of sp³-hybridized carbons (Fsp3) is 0.200. The minimum absolute atomic E-state index is 0.266. The zero-order valence-corrected chi connectivity index (χ0v) is 16.3. The Labute approximate surface area is 160 Å². The summed E-state index contributed by atoms with van der Waals surface area (Å²) in [5.74, 6) is 0.237. The molecule has 6 nitrogen and oxygen atoms in total. The number of carbonyl (C=O) groups excluding carboxylic acids is 1. The fourth-order valence-electron chi connectivity index (χ4n) is 3.09. The molecule has 1 N–H and O–H groups in total. The van der Waals surface area contributed by atoms with Crippen molar-refractivity contribution in [3.8, 4) is 11.3 Å². The second kappa shape index (κ2) is 6.59. The molecule has 7 heteroatoms. The number of rotatable bonds is 3. The summed E-state index contributed by atoms with van der Waals surface area (Å²) in [7, 11) is 0. The normalized spacial score (nSPS) is 11.1. The van der Waals surface area contributed by atoms with E-state index in [0.717, 1.165) is 16.0 Å². The number of fused-ring (bicyclic) bond motifs is 1. The van der Waals surface area contributed by atoms with Gasteiger partial charge in [-0.3, -0.25) is 4.79 Å². The van der Waals surface area contributed by atoms with E-state index in [1.54, 1.807) is 30.5 Å². The van der Waals surface area contributed by atoms with Crippen LogP contribution in [0.5, 0.6) is 0 Å². The molecule has 4 aromatic rings. The van der Waals surface area contributed by atoms with Gasteiger partial charge in [0.1, 0.15) is 5.82 Å². The number of amides is 1. The van der Waals surface area contributed by atoms with E-state index in [1.165, 1.54) is 4.88 Å². The van der Waals surface area contributed by atoms with Gasteiger partial charge in [0.15, 0.2) is 0 Å². The number of aryl methyl sites for hydroxylation is 4. The zero-order chi connectivity index (χ0) is 19.1. The monoisotopic (exact) mass is 378 g/mol. The second-order valence-corrected chi connectivity index (χ2v) is 7.96. The van der Waals surface area contributed by atoms with E-state index in [9.17, 15) is 4.79 Å². The van der Waals surface area contributed by atoms with Gasteiger partial charge in [-0.15, -0.1) is 11.3 Å². The Hall–Kier alpha value is -3.06. The Morgan fingerprint density at radius 1 is 1.15 bits per heavy atom. The molecule has 0 atom stereocenters. The molecule has 0 fully saturated rings. The second-order valence-electron chi connectivity index (χ2n) is 6.50. The molecule has 0 bridgehead atoms. The average molecular weight is 378 g/mol. The number of thiophene rings is 1. The molecule has 136 valence electrons. The summed E-state index contributed by atoms with van der Waals surface area (Å²) in [5, 5.41) is 7.47. The van der Waals surface area contributed by atoms with E-state index in [0.29, 0.717) is 33.9 Å². The lowest BCUT2D eigenvalue weighted by atomic mass is 10.1. The van der Waals surface area contributed by atoms with E-state index < -0.39 is 0 Å². The summed E-state index contributed by atoms with van der Waals surface area (Å²) >= 11 is 1.70. The van der Waals surface area contributed by atoms with Gasteiger partial charge in [-0.2, -0.15) is 0 Å². The lowest BCUT2D eigenvalue weighted by Gasteiger charge is -2.08. The van der Waals surface area contributed by atoms with Crippen molar-refractivity contribution in [1.82, 2.24) is 15.1 Å². The molecule has 4 rings (SSSR count). The summed E-state index contributed by atoms with van der Waals surface area (Å²) in [4.78, 5) is 24.1. The molecule has 0 saturated carbocycles.